The number of hydrogen-bond donors (Lipinski definition) is 0. The minimum atomic E-state index is -4.59. The zero-order valence-electron chi connectivity index (χ0n) is 13.4. The second-order valence-electron chi connectivity index (χ2n) is 5.67. The number of rotatable bonds is 6. The predicted molar refractivity (Wildman–Crippen MR) is 90.2 cm³/mol. The maximum Gasteiger partial charge on any atom is 0.416 e. The number of carbonyl (C=O) groups excluding carboxylic acids is 1. The third-order valence-corrected chi connectivity index (χ3v) is 5.14. The summed E-state index contributed by atoms with van der Waals surface area (Å²) in [5.74, 6) is -3.78. The Labute approximate surface area is 140 Å². The van der Waals surface area contributed by atoms with E-state index in [0.29, 0.717) is 18.3 Å². The van der Waals surface area contributed by atoms with Gasteiger partial charge in [-0.15, -0.1) is 0 Å². The van der Waals surface area contributed by atoms with Crippen LogP contribution >= 0.6 is 7.92 Å². The number of ether oxygens (including phenoxy) is 1. The Morgan fingerprint density at radius 1 is 1.04 bits per heavy atom. The first kappa shape index (κ1) is 18.5. The minimum absolute atomic E-state index is 0.0248. The zero-order chi connectivity index (χ0) is 17.7. The van der Waals surface area contributed by atoms with Gasteiger partial charge in [0.15, 0.2) is 5.52 Å². The van der Waals surface area contributed by atoms with Crippen LogP contribution in [0.4, 0.5) is 13.2 Å². The van der Waals surface area contributed by atoms with Crippen LogP contribution in [-0.2, 0) is 0 Å². The van der Waals surface area contributed by atoms with Crippen molar-refractivity contribution in [1.82, 2.24) is 0 Å². The average Bonchev–Trinajstić information content (AvgIpc) is 2.53. The smallest absolute Gasteiger partial charge is 0.416 e. The Bertz CT molecular complexity index is 667. The third-order valence-electron chi connectivity index (χ3n) is 3.16. The van der Waals surface area contributed by atoms with Gasteiger partial charge in [-0.25, -0.2) is 0 Å². The molecule has 0 saturated carbocycles. The Morgan fingerprint density at radius 3 is 2.12 bits per heavy atom. The van der Waals surface area contributed by atoms with Crippen LogP contribution in [0, 0.1) is 5.92 Å². The van der Waals surface area contributed by atoms with E-state index >= 15 is 0 Å². The summed E-state index contributed by atoms with van der Waals surface area (Å²) in [4.78, 5) is 12.4. The lowest BCUT2D eigenvalue weighted by atomic mass is 10.2. The normalized spacial score (nSPS) is 12.9. The Balaban J connectivity index is 2.27. The molecule has 2 nitrogen and oxygen atoms in total. The molecule has 0 fully saturated rings. The fourth-order valence-electron chi connectivity index (χ4n) is 2.04. The Morgan fingerprint density at radius 2 is 1.62 bits per heavy atom. The van der Waals surface area contributed by atoms with Crippen LogP contribution in [0.5, 0.6) is 5.75 Å². The summed E-state index contributed by atoms with van der Waals surface area (Å²) in [6, 6.07) is 13.2. The highest BCUT2D eigenvalue weighted by Gasteiger charge is 2.46. The number of alkyl halides is 3. The molecule has 0 amide bonds. The molecule has 0 heterocycles. The van der Waals surface area contributed by atoms with Crippen molar-refractivity contribution in [2.45, 2.75) is 19.8 Å². The molecule has 1 atom stereocenters. The molecular weight excluding hydrogens is 336 g/mol. The van der Waals surface area contributed by atoms with Crippen molar-refractivity contribution in [2.75, 3.05) is 6.61 Å². The molecule has 2 aromatic carbocycles. The summed E-state index contributed by atoms with van der Waals surface area (Å²) >= 11 is 0. The van der Waals surface area contributed by atoms with E-state index in [2.05, 4.69) is 0 Å². The monoisotopic (exact) mass is 354 g/mol. The Hall–Kier alpha value is -1.87. The van der Waals surface area contributed by atoms with Crippen molar-refractivity contribution in [2.24, 2.45) is 5.92 Å². The van der Waals surface area contributed by atoms with Gasteiger partial charge in [-0.05, 0) is 23.4 Å². The molecule has 1 unspecified atom stereocenters. The van der Waals surface area contributed by atoms with E-state index in [1.807, 2.05) is 13.8 Å². The van der Waals surface area contributed by atoms with Crippen LogP contribution in [0.2, 0.25) is 0 Å². The number of hydrogen-bond acceptors (Lipinski definition) is 2. The number of benzene rings is 2. The van der Waals surface area contributed by atoms with Crippen LogP contribution in [0.15, 0.2) is 54.6 Å². The van der Waals surface area contributed by atoms with Crippen LogP contribution in [0.25, 0.3) is 0 Å². The van der Waals surface area contributed by atoms with Crippen molar-refractivity contribution in [3.8, 4) is 5.75 Å². The first-order valence-corrected chi connectivity index (χ1v) is 8.82. The van der Waals surface area contributed by atoms with Gasteiger partial charge in [0, 0.05) is 5.56 Å². The van der Waals surface area contributed by atoms with Crippen molar-refractivity contribution < 1.29 is 22.7 Å². The summed E-state index contributed by atoms with van der Waals surface area (Å²) < 4.78 is 45.9. The summed E-state index contributed by atoms with van der Waals surface area (Å²) in [6.45, 7) is 4.45. The van der Waals surface area contributed by atoms with E-state index in [9.17, 15) is 18.0 Å². The summed E-state index contributed by atoms with van der Waals surface area (Å²) in [5, 5.41) is -0.0248. The van der Waals surface area contributed by atoms with Gasteiger partial charge in [-0.3, -0.25) is 4.79 Å². The van der Waals surface area contributed by atoms with Crippen LogP contribution in [0.3, 0.4) is 0 Å². The first-order valence-electron chi connectivity index (χ1n) is 7.48. The largest absolute Gasteiger partial charge is 0.493 e. The molecule has 0 aliphatic rings. The zero-order valence-corrected chi connectivity index (χ0v) is 14.3. The highest BCUT2D eigenvalue weighted by Crippen LogP contribution is 2.54. The molecule has 0 aromatic heterocycles. The van der Waals surface area contributed by atoms with Gasteiger partial charge < -0.3 is 4.74 Å². The van der Waals surface area contributed by atoms with Gasteiger partial charge >= 0.3 is 5.92 Å². The number of halogens is 3. The van der Waals surface area contributed by atoms with Crippen molar-refractivity contribution >= 4 is 18.8 Å². The lowest BCUT2D eigenvalue weighted by molar-refractivity contribution is -0.0384. The van der Waals surface area contributed by atoms with Gasteiger partial charge in [0.25, 0.3) is 0 Å². The third kappa shape index (κ3) is 4.81. The van der Waals surface area contributed by atoms with Gasteiger partial charge in [-0.1, -0.05) is 56.3 Å². The van der Waals surface area contributed by atoms with E-state index in [1.54, 1.807) is 18.2 Å². The van der Waals surface area contributed by atoms with E-state index < -0.39 is 19.4 Å². The molecule has 2 aromatic rings. The standard InChI is InChI=1S/C18H18F3O2P/c1-13(2)12-23-15-8-10-16(11-9-15)24(18(19,20)21)17(22)14-6-4-3-5-7-14/h3-11,13H,12H2,1-2H3. The van der Waals surface area contributed by atoms with Crippen LogP contribution < -0.4 is 10.0 Å². The lowest BCUT2D eigenvalue weighted by Crippen LogP contribution is -2.21. The lowest BCUT2D eigenvalue weighted by Gasteiger charge is -2.20. The number of carbonyl (C=O) groups is 1. The molecule has 24 heavy (non-hydrogen) atoms. The maximum absolute atomic E-state index is 13.5. The van der Waals surface area contributed by atoms with Crippen molar-refractivity contribution in [1.29, 1.82) is 0 Å². The van der Waals surface area contributed by atoms with Crippen LogP contribution in [0.1, 0.15) is 24.2 Å². The topological polar surface area (TPSA) is 26.3 Å². The predicted octanol–water partition coefficient (Wildman–Crippen LogP) is 5.19. The Kier molecular flexibility index (Phi) is 6.00. The quantitative estimate of drug-likeness (QED) is 0.668. The fraction of sp³-hybridized carbons (Fsp3) is 0.278. The molecule has 0 saturated heterocycles. The summed E-state index contributed by atoms with van der Waals surface area (Å²) in [7, 11) is -2.96. The second-order valence-corrected chi connectivity index (χ2v) is 7.77. The molecule has 0 radical (unpaired) electrons. The molecule has 0 aliphatic heterocycles. The second kappa shape index (κ2) is 7.80. The highest BCUT2D eigenvalue weighted by molar-refractivity contribution is 7.82. The first-order chi connectivity index (χ1) is 11.3. The molecule has 2 rings (SSSR count). The summed E-state index contributed by atoms with van der Waals surface area (Å²) in [6.07, 6.45) is 0. The van der Waals surface area contributed by atoms with Gasteiger partial charge in [-0.2, -0.15) is 13.2 Å². The van der Waals surface area contributed by atoms with Crippen LogP contribution in [-0.4, -0.2) is 18.0 Å². The molecule has 6 heteroatoms. The van der Waals surface area contributed by atoms with E-state index in [0.717, 1.165) is 0 Å². The van der Waals surface area contributed by atoms with E-state index in [-0.39, 0.29) is 10.9 Å². The fourth-order valence-corrected chi connectivity index (χ4v) is 3.65. The SMILES string of the molecule is CC(C)COc1ccc(P(C(=O)c2ccccc2)C(F)(F)F)cc1. The molecule has 128 valence electrons. The maximum atomic E-state index is 13.5. The van der Waals surface area contributed by atoms with Gasteiger partial charge in [0.05, 0.1) is 6.61 Å². The molecular formula is C18H18F3O2P. The van der Waals surface area contributed by atoms with Gasteiger partial charge in [0.1, 0.15) is 13.7 Å². The van der Waals surface area contributed by atoms with Crippen molar-refractivity contribution in [3.63, 3.8) is 0 Å². The van der Waals surface area contributed by atoms with E-state index in [4.69, 9.17) is 4.74 Å². The minimum Gasteiger partial charge on any atom is -0.493 e. The van der Waals surface area contributed by atoms with E-state index in [1.165, 1.54) is 36.4 Å². The highest BCUT2D eigenvalue weighted by atomic mass is 31.1. The average molecular weight is 354 g/mol. The molecule has 0 aliphatic carbocycles. The molecule has 0 bridgehead atoms. The molecule has 0 N–H and O–H groups in total. The van der Waals surface area contributed by atoms with Crippen molar-refractivity contribution in [3.05, 3.63) is 60.2 Å². The summed E-state index contributed by atoms with van der Waals surface area (Å²) in [5.41, 5.74) is -0.824. The molecule has 0 spiro atoms. The van der Waals surface area contributed by atoms with Gasteiger partial charge in [0.2, 0.25) is 0 Å².